The molecule has 1 N–H and O–H groups in total. The summed E-state index contributed by atoms with van der Waals surface area (Å²) in [4.78, 5) is 25.8. The molecule has 1 aliphatic heterocycles. The fourth-order valence-electron chi connectivity index (χ4n) is 2.73. The summed E-state index contributed by atoms with van der Waals surface area (Å²) >= 11 is 0. The number of hydrogen-bond acceptors (Lipinski definition) is 4. The average Bonchev–Trinajstić information content (AvgIpc) is 2.88. The molecule has 0 unspecified atom stereocenters. The molecule has 6 heteroatoms. The Labute approximate surface area is 140 Å². The zero-order valence-electron chi connectivity index (χ0n) is 13.8. The topological polar surface area (TPSA) is 67.9 Å². The highest BCUT2D eigenvalue weighted by Crippen LogP contribution is 2.31. The van der Waals surface area contributed by atoms with E-state index in [2.05, 4.69) is 5.32 Å². The number of nitrogens with zero attached hydrogens (tertiary/aromatic N) is 1. The van der Waals surface area contributed by atoms with Crippen molar-refractivity contribution in [1.29, 1.82) is 0 Å². The number of ether oxygens (including phenoxy) is 2. The molecule has 0 saturated heterocycles. The number of rotatable bonds is 4. The van der Waals surface area contributed by atoms with E-state index in [4.69, 9.17) is 9.47 Å². The minimum absolute atomic E-state index is 0.0494. The summed E-state index contributed by atoms with van der Waals surface area (Å²) in [6.45, 7) is 0. The lowest BCUT2D eigenvalue weighted by Crippen LogP contribution is -2.20. The number of hydrogen-bond donors (Lipinski definition) is 1. The number of carbonyl (C=O) groups is 2. The van der Waals surface area contributed by atoms with Crippen molar-refractivity contribution in [3.63, 3.8) is 0 Å². The summed E-state index contributed by atoms with van der Waals surface area (Å²) in [5.74, 6) is 0.849. The Morgan fingerprint density at radius 2 is 1.83 bits per heavy atom. The van der Waals surface area contributed by atoms with Crippen molar-refractivity contribution in [2.24, 2.45) is 0 Å². The maximum Gasteiger partial charge on any atom is 0.255 e. The van der Waals surface area contributed by atoms with Crippen molar-refractivity contribution in [1.82, 2.24) is 0 Å². The van der Waals surface area contributed by atoms with Gasteiger partial charge in [0.05, 0.1) is 20.6 Å². The quantitative estimate of drug-likeness (QED) is 0.937. The molecule has 1 heterocycles. The van der Waals surface area contributed by atoms with Gasteiger partial charge in [0.2, 0.25) is 5.91 Å². The molecule has 0 saturated carbocycles. The van der Waals surface area contributed by atoms with Gasteiger partial charge >= 0.3 is 0 Å². The zero-order valence-corrected chi connectivity index (χ0v) is 13.8. The van der Waals surface area contributed by atoms with E-state index in [0.29, 0.717) is 29.2 Å². The van der Waals surface area contributed by atoms with E-state index in [1.807, 2.05) is 12.1 Å². The molecule has 0 bridgehead atoms. The number of nitrogens with one attached hydrogen (secondary N) is 1. The van der Waals surface area contributed by atoms with Gasteiger partial charge in [-0.05, 0) is 42.0 Å². The molecule has 0 atom stereocenters. The first-order valence-electron chi connectivity index (χ1n) is 7.46. The maximum atomic E-state index is 12.4. The molecule has 2 amide bonds. The molecule has 1 aliphatic rings. The van der Waals surface area contributed by atoms with Gasteiger partial charge in [-0.3, -0.25) is 9.59 Å². The summed E-state index contributed by atoms with van der Waals surface area (Å²) in [5, 5.41) is 2.84. The van der Waals surface area contributed by atoms with Gasteiger partial charge in [0, 0.05) is 24.0 Å². The molecule has 3 rings (SSSR count). The summed E-state index contributed by atoms with van der Waals surface area (Å²) in [6.07, 6.45) is 0.353. The summed E-state index contributed by atoms with van der Waals surface area (Å²) in [6, 6.07) is 10.4. The predicted octanol–water partition coefficient (Wildman–Crippen LogP) is 2.47. The Bertz CT molecular complexity index is 817. The lowest BCUT2D eigenvalue weighted by atomic mass is 10.1. The van der Waals surface area contributed by atoms with E-state index >= 15 is 0 Å². The van der Waals surface area contributed by atoms with Crippen LogP contribution in [0.2, 0.25) is 0 Å². The smallest absolute Gasteiger partial charge is 0.255 e. The fourth-order valence-corrected chi connectivity index (χ4v) is 2.73. The van der Waals surface area contributed by atoms with Gasteiger partial charge in [0.25, 0.3) is 5.91 Å². The van der Waals surface area contributed by atoms with Crippen LogP contribution in [0.1, 0.15) is 15.9 Å². The normalized spacial score (nSPS) is 12.8. The molecule has 0 radical (unpaired) electrons. The first-order valence-corrected chi connectivity index (χ1v) is 7.46. The van der Waals surface area contributed by atoms with Crippen LogP contribution >= 0.6 is 0 Å². The molecule has 0 aliphatic carbocycles. The number of anilines is 2. The van der Waals surface area contributed by atoms with Gasteiger partial charge in [0.15, 0.2) is 11.5 Å². The van der Waals surface area contributed by atoms with Crippen molar-refractivity contribution in [3.05, 3.63) is 47.5 Å². The third-order valence-corrected chi connectivity index (χ3v) is 4.06. The van der Waals surface area contributed by atoms with Crippen LogP contribution in [-0.2, 0) is 11.2 Å². The zero-order chi connectivity index (χ0) is 17.3. The SMILES string of the molecule is COc1ccc(C(=O)Nc2ccc3c(c2)CC(=O)N3C)cc1OC. The number of methoxy groups -OCH3 is 2. The Kier molecular flexibility index (Phi) is 4.12. The minimum Gasteiger partial charge on any atom is -0.493 e. The Morgan fingerprint density at radius 3 is 2.54 bits per heavy atom. The van der Waals surface area contributed by atoms with Crippen molar-refractivity contribution in [2.45, 2.75) is 6.42 Å². The lowest BCUT2D eigenvalue weighted by Gasteiger charge is -2.12. The first-order chi connectivity index (χ1) is 11.5. The number of fused-ring (bicyclic) bond motifs is 1. The predicted molar refractivity (Wildman–Crippen MR) is 91.1 cm³/mol. The third-order valence-electron chi connectivity index (χ3n) is 4.06. The van der Waals surface area contributed by atoms with Crippen molar-refractivity contribution < 1.29 is 19.1 Å². The van der Waals surface area contributed by atoms with Crippen LogP contribution in [0, 0.1) is 0 Å². The summed E-state index contributed by atoms with van der Waals surface area (Å²) in [5.41, 5.74) is 2.90. The number of benzene rings is 2. The molecule has 2 aromatic rings. The highest BCUT2D eigenvalue weighted by molar-refractivity contribution is 6.06. The van der Waals surface area contributed by atoms with Crippen molar-refractivity contribution >= 4 is 23.2 Å². The standard InChI is InChI=1S/C18H18N2O4/c1-20-14-6-5-13(8-12(14)10-17(20)21)19-18(22)11-4-7-15(23-2)16(9-11)24-3/h4-9H,10H2,1-3H3,(H,19,22). The largest absolute Gasteiger partial charge is 0.493 e. The maximum absolute atomic E-state index is 12.4. The molecular formula is C18H18N2O4. The Hall–Kier alpha value is -3.02. The second-order valence-electron chi connectivity index (χ2n) is 5.50. The number of carbonyl (C=O) groups excluding carboxylic acids is 2. The van der Waals surface area contributed by atoms with Crippen LogP contribution in [0.3, 0.4) is 0 Å². The van der Waals surface area contributed by atoms with Gasteiger partial charge in [-0.25, -0.2) is 0 Å². The van der Waals surface area contributed by atoms with Crippen LogP contribution in [0.4, 0.5) is 11.4 Å². The van der Waals surface area contributed by atoms with E-state index in [0.717, 1.165) is 11.3 Å². The molecule has 0 spiro atoms. The van der Waals surface area contributed by atoms with Crippen molar-refractivity contribution in [3.8, 4) is 11.5 Å². The van der Waals surface area contributed by atoms with Gasteiger partial charge in [-0.1, -0.05) is 0 Å². The van der Waals surface area contributed by atoms with Gasteiger partial charge in [-0.15, -0.1) is 0 Å². The van der Waals surface area contributed by atoms with E-state index in [1.54, 1.807) is 43.3 Å². The molecule has 2 aromatic carbocycles. The van der Waals surface area contributed by atoms with Gasteiger partial charge < -0.3 is 19.7 Å². The minimum atomic E-state index is -0.256. The molecule has 24 heavy (non-hydrogen) atoms. The molecule has 6 nitrogen and oxygen atoms in total. The van der Waals surface area contributed by atoms with Crippen molar-refractivity contribution in [2.75, 3.05) is 31.5 Å². The van der Waals surface area contributed by atoms with Crippen LogP contribution in [-0.4, -0.2) is 33.1 Å². The monoisotopic (exact) mass is 326 g/mol. The molecule has 0 aromatic heterocycles. The van der Waals surface area contributed by atoms with E-state index < -0.39 is 0 Å². The van der Waals surface area contributed by atoms with Gasteiger partial charge in [-0.2, -0.15) is 0 Å². The highest BCUT2D eigenvalue weighted by Gasteiger charge is 2.24. The summed E-state index contributed by atoms with van der Waals surface area (Å²) in [7, 11) is 4.81. The number of amides is 2. The fraction of sp³-hybridized carbons (Fsp3) is 0.222. The lowest BCUT2D eigenvalue weighted by molar-refractivity contribution is -0.117. The van der Waals surface area contributed by atoms with Crippen LogP contribution < -0.4 is 19.7 Å². The highest BCUT2D eigenvalue weighted by atomic mass is 16.5. The third kappa shape index (κ3) is 2.78. The molecule has 0 fully saturated rings. The first kappa shape index (κ1) is 15.9. The second-order valence-corrected chi connectivity index (χ2v) is 5.50. The Balaban J connectivity index is 1.81. The van der Waals surface area contributed by atoms with E-state index in [-0.39, 0.29) is 11.8 Å². The molecular weight excluding hydrogens is 308 g/mol. The molecule has 124 valence electrons. The average molecular weight is 326 g/mol. The van der Waals surface area contributed by atoms with E-state index in [9.17, 15) is 9.59 Å². The van der Waals surface area contributed by atoms with Gasteiger partial charge in [0.1, 0.15) is 0 Å². The summed E-state index contributed by atoms with van der Waals surface area (Å²) < 4.78 is 10.4. The second kappa shape index (κ2) is 6.23. The van der Waals surface area contributed by atoms with Crippen LogP contribution in [0.5, 0.6) is 11.5 Å². The Morgan fingerprint density at radius 1 is 1.08 bits per heavy atom. The number of likely N-dealkylation sites (N-methyl/N-ethyl adjacent to an activating group) is 1. The van der Waals surface area contributed by atoms with Crippen LogP contribution in [0.15, 0.2) is 36.4 Å². The van der Waals surface area contributed by atoms with Crippen LogP contribution in [0.25, 0.3) is 0 Å². The van der Waals surface area contributed by atoms with E-state index in [1.165, 1.54) is 7.11 Å².